The molecule has 3 saturated heterocycles. The molecule has 25 heavy (non-hydrogen) atoms. The smallest absolute Gasteiger partial charge is 0.318 e. The standard InChI is InChI=1S/C20H26N2O3/c1-22-15-7-8-16(22)12-17(11-15)25-19(24)20(10-9-18(23)21-13-20)14-5-3-2-4-6-14/h2-6,15-17H,7-13H2,1H3,(H,21,23)/t15-,16+,17?,20?. The van der Waals surface area contributed by atoms with Gasteiger partial charge in [0.1, 0.15) is 11.5 Å². The number of hydrogen-bond donors (Lipinski definition) is 1. The molecule has 3 aliphatic rings. The molecule has 5 heteroatoms. The lowest BCUT2D eigenvalue weighted by molar-refractivity contribution is -0.161. The highest BCUT2D eigenvalue weighted by atomic mass is 16.5. The number of benzene rings is 1. The number of fused-ring (bicyclic) bond motifs is 2. The largest absolute Gasteiger partial charge is 0.462 e. The van der Waals surface area contributed by atoms with E-state index >= 15 is 0 Å². The highest BCUT2D eigenvalue weighted by Gasteiger charge is 2.47. The van der Waals surface area contributed by atoms with Crippen LogP contribution >= 0.6 is 0 Å². The first-order valence-electron chi connectivity index (χ1n) is 9.34. The van der Waals surface area contributed by atoms with Crippen LogP contribution < -0.4 is 5.32 Å². The summed E-state index contributed by atoms with van der Waals surface area (Å²) in [5.74, 6) is -0.163. The van der Waals surface area contributed by atoms with Gasteiger partial charge in [0.15, 0.2) is 0 Å². The van der Waals surface area contributed by atoms with Crippen molar-refractivity contribution in [1.29, 1.82) is 0 Å². The van der Waals surface area contributed by atoms with Gasteiger partial charge in [0.2, 0.25) is 5.91 Å². The Morgan fingerprint density at radius 3 is 2.48 bits per heavy atom. The highest BCUT2D eigenvalue weighted by molar-refractivity contribution is 5.88. The van der Waals surface area contributed by atoms with Crippen LogP contribution in [0.25, 0.3) is 0 Å². The van der Waals surface area contributed by atoms with Gasteiger partial charge in [-0.3, -0.25) is 9.59 Å². The SMILES string of the molecule is CN1[C@@H]2CC[C@H]1CC(OC(=O)C1(c3ccccc3)CCC(=O)NC1)C2. The summed E-state index contributed by atoms with van der Waals surface area (Å²) in [6.07, 6.45) is 5.14. The van der Waals surface area contributed by atoms with E-state index in [4.69, 9.17) is 4.74 Å². The lowest BCUT2D eigenvalue weighted by atomic mass is 9.74. The molecule has 2 unspecified atom stereocenters. The molecular formula is C20H26N2O3. The van der Waals surface area contributed by atoms with Crippen molar-refractivity contribution >= 4 is 11.9 Å². The average molecular weight is 342 g/mol. The van der Waals surface area contributed by atoms with Gasteiger partial charge in [-0.2, -0.15) is 0 Å². The van der Waals surface area contributed by atoms with Crippen molar-refractivity contribution in [2.45, 2.75) is 62.1 Å². The molecule has 3 fully saturated rings. The first kappa shape index (κ1) is 16.6. The number of esters is 1. The van der Waals surface area contributed by atoms with Gasteiger partial charge in [0.25, 0.3) is 0 Å². The van der Waals surface area contributed by atoms with Crippen molar-refractivity contribution in [3.63, 3.8) is 0 Å². The number of amides is 1. The topological polar surface area (TPSA) is 58.6 Å². The Morgan fingerprint density at radius 1 is 1.20 bits per heavy atom. The van der Waals surface area contributed by atoms with Crippen LogP contribution in [0.4, 0.5) is 0 Å². The van der Waals surface area contributed by atoms with Crippen LogP contribution in [0.3, 0.4) is 0 Å². The fraction of sp³-hybridized carbons (Fsp3) is 0.600. The quantitative estimate of drug-likeness (QED) is 0.854. The minimum absolute atomic E-state index is 0.000541. The third-order valence-electron chi connectivity index (χ3n) is 6.41. The number of carbonyl (C=O) groups is 2. The molecule has 1 aromatic carbocycles. The summed E-state index contributed by atoms with van der Waals surface area (Å²) in [6, 6.07) is 10.8. The fourth-order valence-corrected chi connectivity index (χ4v) is 4.77. The highest BCUT2D eigenvalue weighted by Crippen LogP contribution is 2.38. The molecule has 3 heterocycles. The fourth-order valence-electron chi connectivity index (χ4n) is 4.77. The van der Waals surface area contributed by atoms with E-state index in [2.05, 4.69) is 17.3 Å². The number of rotatable bonds is 3. The summed E-state index contributed by atoms with van der Waals surface area (Å²) < 4.78 is 6.04. The van der Waals surface area contributed by atoms with Crippen molar-refractivity contribution < 1.29 is 14.3 Å². The van der Waals surface area contributed by atoms with E-state index in [1.165, 1.54) is 12.8 Å². The van der Waals surface area contributed by atoms with Crippen molar-refractivity contribution in [2.75, 3.05) is 13.6 Å². The second kappa shape index (κ2) is 6.45. The molecule has 0 saturated carbocycles. The maximum Gasteiger partial charge on any atom is 0.318 e. The number of carbonyl (C=O) groups excluding carboxylic acids is 2. The third-order valence-corrected chi connectivity index (χ3v) is 6.41. The molecule has 4 atom stereocenters. The molecule has 3 aliphatic heterocycles. The lowest BCUT2D eigenvalue weighted by Gasteiger charge is -2.40. The molecule has 5 nitrogen and oxygen atoms in total. The van der Waals surface area contributed by atoms with Crippen LogP contribution in [-0.2, 0) is 19.7 Å². The monoisotopic (exact) mass is 342 g/mol. The van der Waals surface area contributed by atoms with Crippen molar-refractivity contribution in [3.8, 4) is 0 Å². The van der Waals surface area contributed by atoms with E-state index in [0.29, 0.717) is 31.5 Å². The zero-order valence-corrected chi connectivity index (χ0v) is 14.7. The Labute approximate surface area is 148 Å². The normalized spacial score (nSPS) is 35.2. The molecule has 2 bridgehead atoms. The molecule has 1 aromatic rings. The second-order valence-electron chi connectivity index (χ2n) is 7.77. The first-order valence-corrected chi connectivity index (χ1v) is 9.34. The van der Waals surface area contributed by atoms with Crippen LogP contribution in [0.5, 0.6) is 0 Å². The number of nitrogens with one attached hydrogen (secondary N) is 1. The van der Waals surface area contributed by atoms with E-state index in [9.17, 15) is 9.59 Å². The summed E-state index contributed by atoms with van der Waals surface area (Å²) in [5, 5.41) is 2.88. The molecule has 0 aromatic heterocycles. The number of piperidine rings is 2. The Kier molecular flexibility index (Phi) is 4.28. The Bertz CT molecular complexity index is 636. The maximum absolute atomic E-state index is 13.2. The van der Waals surface area contributed by atoms with Crippen LogP contribution in [-0.4, -0.2) is 48.6 Å². The van der Waals surface area contributed by atoms with Gasteiger partial charge < -0.3 is 15.0 Å². The number of ether oxygens (including phenoxy) is 1. The average Bonchev–Trinajstić information content (AvgIpc) is 2.84. The van der Waals surface area contributed by atoms with Gasteiger partial charge >= 0.3 is 5.97 Å². The molecule has 134 valence electrons. The van der Waals surface area contributed by atoms with Crippen LogP contribution in [0, 0.1) is 0 Å². The molecule has 1 N–H and O–H groups in total. The Morgan fingerprint density at radius 2 is 1.88 bits per heavy atom. The summed E-state index contributed by atoms with van der Waals surface area (Å²) in [7, 11) is 2.18. The molecule has 0 aliphatic carbocycles. The minimum atomic E-state index is -0.752. The number of nitrogens with zero attached hydrogens (tertiary/aromatic N) is 1. The van der Waals surface area contributed by atoms with Crippen LogP contribution in [0.1, 0.15) is 44.1 Å². The Balaban J connectivity index is 1.54. The first-order chi connectivity index (χ1) is 12.1. The van der Waals surface area contributed by atoms with Crippen LogP contribution in [0.2, 0.25) is 0 Å². The van der Waals surface area contributed by atoms with Gasteiger partial charge in [0.05, 0.1) is 0 Å². The predicted molar refractivity (Wildman–Crippen MR) is 94.1 cm³/mol. The van der Waals surface area contributed by atoms with Gasteiger partial charge in [-0.25, -0.2) is 0 Å². The molecular weight excluding hydrogens is 316 g/mol. The van der Waals surface area contributed by atoms with Crippen LogP contribution in [0.15, 0.2) is 30.3 Å². The zero-order chi connectivity index (χ0) is 17.4. The summed E-state index contributed by atoms with van der Waals surface area (Å²) in [4.78, 5) is 27.3. The molecule has 1 amide bonds. The zero-order valence-electron chi connectivity index (χ0n) is 14.7. The molecule has 0 spiro atoms. The lowest BCUT2D eigenvalue weighted by Crippen LogP contribution is -2.53. The Hall–Kier alpha value is -1.88. The van der Waals surface area contributed by atoms with E-state index in [1.54, 1.807) is 0 Å². The summed E-state index contributed by atoms with van der Waals surface area (Å²) in [5.41, 5.74) is 0.188. The van der Waals surface area contributed by atoms with Gasteiger partial charge in [0, 0.05) is 25.0 Å². The van der Waals surface area contributed by atoms with Gasteiger partial charge in [-0.15, -0.1) is 0 Å². The van der Waals surface area contributed by atoms with E-state index < -0.39 is 5.41 Å². The molecule has 0 radical (unpaired) electrons. The van der Waals surface area contributed by atoms with Crippen molar-refractivity contribution in [3.05, 3.63) is 35.9 Å². The predicted octanol–water partition coefficient (Wildman–Crippen LogP) is 2.00. The van der Waals surface area contributed by atoms with E-state index in [1.807, 2.05) is 30.3 Å². The molecule has 4 rings (SSSR count). The third kappa shape index (κ3) is 2.95. The summed E-state index contributed by atoms with van der Waals surface area (Å²) in [6.45, 7) is 0.328. The van der Waals surface area contributed by atoms with Crippen molar-refractivity contribution in [1.82, 2.24) is 10.2 Å². The van der Waals surface area contributed by atoms with Crippen molar-refractivity contribution in [2.24, 2.45) is 0 Å². The van der Waals surface area contributed by atoms with E-state index in [-0.39, 0.29) is 18.0 Å². The number of hydrogen-bond acceptors (Lipinski definition) is 4. The van der Waals surface area contributed by atoms with E-state index in [0.717, 1.165) is 18.4 Å². The minimum Gasteiger partial charge on any atom is -0.462 e. The van der Waals surface area contributed by atoms with Gasteiger partial charge in [-0.05, 0) is 44.7 Å². The van der Waals surface area contributed by atoms with Gasteiger partial charge in [-0.1, -0.05) is 30.3 Å². The summed E-state index contributed by atoms with van der Waals surface area (Å²) >= 11 is 0. The maximum atomic E-state index is 13.2. The second-order valence-corrected chi connectivity index (χ2v) is 7.77.